The first-order chi connectivity index (χ1) is 6.72. The summed E-state index contributed by atoms with van der Waals surface area (Å²) < 4.78 is 1.11. The summed E-state index contributed by atoms with van der Waals surface area (Å²) in [6.07, 6.45) is 0.939. The average molecular weight is 253 g/mol. The molecule has 1 heterocycles. The van der Waals surface area contributed by atoms with E-state index in [1.807, 2.05) is 6.07 Å². The van der Waals surface area contributed by atoms with Crippen molar-refractivity contribution in [3.63, 3.8) is 0 Å². The summed E-state index contributed by atoms with van der Waals surface area (Å²) in [4.78, 5) is 4.58. The highest BCUT2D eigenvalue weighted by atomic mass is 79.9. The molecule has 0 aromatic heterocycles. The first kappa shape index (κ1) is 9.87. The van der Waals surface area contributed by atoms with Crippen molar-refractivity contribution < 1.29 is 0 Å². The molecule has 0 bridgehead atoms. The summed E-state index contributed by atoms with van der Waals surface area (Å²) in [6, 6.07) is 6.51. The highest BCUT2D eigenvalue weighted by molar-refractivity contribution is 9.10. The van der Waals surface area contributed by atoms with Gasteiger partial charge in [-0.15, -0.1) is 0 Å². The minimum absolute atomic E-state index is 0.294. The number of nitrogens with zero attached hydrogens (tertiary/aromatic N) is 1. The van der Waals surface area contributed by atoms with Crippen LogP contribution in [0.5, 0.6) is 0 Å². The van der Waals surface area contributed by atoms with Crippen LogP contribution in [-0.4, -0.2) is 12.6 Å². The SMILES string of the molecule is C[C@@H]1N=c2ccc(Br)cc2=C1CCN. The predicted octanol–water partition coefficient (Wildman–Crippen LogP) is 0.970. The number of rotatable bonds is 2. The maximum atomic E-state index is 5.59. The molecule has 0 saturated heterocycles. The van der Waals surface area contributed by atoms with E-state index in [0.29, 0.717) is 12.6 Å². The second-order valence-electron chi connectivity index (χ2n) is 3.53. The summed E-state index contributed by atoms with van der Waals surface area (Å²) in [5.74, 6) is 0. The van der Waals surface area contributed by atoms with Gasteiger partial charge in [-0.25, -0.2) is 0 Å². The van der Waals surface area contributed by atoms with Crippen LogP contribution in [0.2, 0.25) is 0 Å². The molecular formula is C11H13BrN2. The molecule has 2 nitrogen and oxygen atoms in total. The van der Waals surface area contributed by atoms with E-state index in [0.717, 1.165) is 16.3 Å². The lowest BCUT2D eigenvalue weighted by atomic mass is 10.1. The Morgan fingerprint density at radius 2 is 2.29 bits per heavy atom. The summed E-state index contributed by atoms with van der Waals surface area (Å²) in [5, 5.41) is 2.36. The quantitative estimate of drug-likeness (QED) is 0.838. The van der Waals surface area contributed by atoms with Crippen LogP contribution in [0.15, 0.2) is 27.7 Å². The number of fused-ring (bicyclic) bond motifs is 1. The molecule has 0 saturated carbocycles. The number of hydrogen-bond acceptors (Lipinski definition) is 2. The van der Waals surface area contributed by atoms with Crippen LogP contribution in [0.4, 0.5) is 0 Å². The maximum Gasteiger partial charge on any atom is 0.0698 e. The Morgan fingerprint density at radius 1 is 1.50 bits per heavy atom. The Hall–Kier alpha value is -0.670. The van der Waals surface area contributed by atoms with E-state index in [-0.39, 0.29) is 0 Å². The molecule has 0 amide bonds. The molecule has 14 heavy (non-hydrogen) atoms. The van der Waals surface area contributed by atoms with Gasteiger partial charge >= 0.3 is 0 Å². The minimum atomic E-state index is 0.294. The molecule has 0 fully saturated rings. The van der Waals surface area contributed by atoms with E-state index in [9.17, 15) is 0 Å². The van der Waals surface area contributed by atoms with Crippen LogP contribution < -0.4 is 16.3 Å². The molecule has 1 aliphatic rings. The fourth-order valence-corrected chi connectivity index (χ4v) is 2.25. The molecule has 1 atom stereocenters. The zero-order valence-corrected chi connectivity index (χ0v) is 9.71. The lowest BCUT2D eigenvalue weighted by molar-refractivity contribution is 0.873. The Kier molecular flexibility index (Phi) is 2.70. The highest BCUT2D eigenvalue weighted by Crippen LogP contribution is 2.13. The van der Waals surface area contributed by atoms with Crippen molar-refractivity contribution in [2.45, 2.75) is 19.4 Å². The van der Waals surface area contributed by atoms with Gasteiger partial charge in [0, 0.05) is 9.69 Å². The van der Waals surface area contributed by atoms with E-state index >= 15 is 0 Å². The van der Waals surface area contributed by atoms with Crippen LogP contribution >= 0.6 is 15.9 Å². The van der Waals surface area contributed by atoms with Gasteiger partial charge in [0.2, 0.25) is 0 Å². The second-order valence-corrected chi connectivity index (χ2v) is 4.45. The van der Waals surface area contributed by atoms with Crippen LogP contribution in [0.3, 0.4) is 0 Å². The summed E-state index contributed by atoms with van der Waals surface area (Å²) in [7, 11) is 0. The van der Waals surface area contributed by atoms with Gasteiger partial charge in [-0.2, -0.15) is 0 Å². The van der Waals surface area contributed by atoms with Crippen molar-refractivity contribution in [3.05, 3.63) is 33.2 Å². The van der Waals surface area contributed by atoms with Gasteiger partial charge in [0.15, 0.2) is 0 Å². The lowest BCUT2D eigenvalue weighted by Gasteiger charge is -2.04. The third-order valence-corrected chi connectivity index (χ3v) is 3.05. The Morgan fingerprint density at radius 3 is 3.00 bits per heavy atom. The normalized spacial score (nSPS) is 19.4. The molecule has 0 spiro atoms. The van der Waals surface area contributed by atoms with E-state index in [4.69, 9.17) is 5.73 Å². The van der Waals surface area contributed by atoms with E-state index in [1.165, 1.54) is 10.8 Å². The van der Waals surface area contributed by atoms with Gasteiger partial charge in [-0.3, -0.25) is 4.99 Å². The number of nitrogens with two attached hydrogens (primary N) is 1. The highest BCUT2D eigenvalue weighted by Gasteiger charge is 2.13. The fourth-order valence-electron chi connectivity index (χ4n) is 1.89. The van der Waals surface area contributed by atoms with Gasteiger partial charge < -0.3 is 5.73 Å². The molecule has 2 rings (SSSR count). The standard InChI is InChI=1S/C11H13BrN2/c1-7-9(4-5-13)10-6-8(12)2-3-11(10)14-7/h2-3,6-7H,4-5,13H2,1H3/t7-/m0/s1. The summed E-state index contributed by atoms with van der Waals surface area (Å²) >= 11 is 3.48. The Balaban J connectivity index is 2.66. The number of hydrogen-bond donors (Lipinski definition) is 1. The number of benzene rings is 1. The van der Waals surface area contributed by atoms with Crippen LogP contribution in [0.1, 0.15) is 13.3 Å². The summed E-state index contributed by atoms with van der Waals surface area (Å²) in [5.41, 5.74) is 6.96. The van der Waals surface area contributed by atoms with E-state index < -0.39 is 0 Å². The zero-order chi connectivity index (χ0) is 10.1. The average Bonchev–Trinajstić information content (AvgIpc) is 2.45. The van der Waals surface area contributed by atoms with Crippen molar-refractivity contribution in [1.29, 1.82) is 0 Å². The van der Waals surface area contributed by atoms with Gasteiger partial charge in [-0.05, 0) is 43.7 Å². The Bertz CT molecular complexity index is 465. The van der Waals surface area contributed by atoms with Crippen LogP contribution in [0, 0.1) is 0 Å². The zero-order valence-electron chi connectivity index (χ0n) is 8.13. The predicted molar refractivity (Wildman–Crippen MR) is 61.5 cm³/mol. The van der Waals surface area contributed by atoms with E-state index in [2.05, 4.69) is 40.0 Å². The smallest absolute Gasteiger partial charge is 0.0698 e. The van der Waals surface area contributed by atoms with Gasteiger partial charge in [0.1, 0.15) is 0 Å². The molecule has 1 aromatic carbocycles. The largest absolute Gasteiger partial charge is 0.330 e. The molecule has 2 N–H and O–H groups in total. The molecule has 0 aliphatic carbocycles. The molecule has 0 radical (unpaired) electrons. The molecule has 0 unspecified atom stereocenters. The molecule has 74 valence electrons. The lowest BCUT2D eigenvalue weighted by Crippen LogP contribution is -2.23. The topological polar surface area (TPSA) is 38.4 Å². The second kappa shape index (κ2) is 3.83. The fraction of sp³-hybridized carbons (Fsp3) is 0.364. The van der Waals surface area contributed by atoms with Crippen molar-refractivity contribution in [1.82, 2.24) is 0 Å². The van der Waals surface area contributed by atoms with Crippen molar-refractivity contribution in [2.24, 2.45) is 10.7 Å². The third kappa shape index (κ3) is 1.62. The maximum absolute atomic E-state index is 5.59. The van der Waals surface area contributed by atoms with Crippen LogP contribution in [-0.2, 0) is 0 Å². The number of halogens is 1. The molecular weight excluding hydrogens is 240 g/mol. The monoisotopic (exact) mass is 252 g/mol. The Labute approximate surface area is 91.7 Å². The molecule has 3 heteroatoms. The third-order valence-electron chi connectivity index (χ3n) is 2.56. The van der Waals surface area contributed by atoms with Crippen LogP contribution in [0.25, 0.3) is 5.57 Å². The van der Waals surface area contributed by atoms with Gasteiger partial charge in [0.25, 0.3) is 0 Å². The van der Waals surface area contributed by atoms with Gasteiger partial charge in [0.05, 0.1) is 11.4 Å². The molecule has 1 aliphatic heterocycles. The van der Waals surface area contributed by atoms with Crippen molar-refractivity contribution in [3.8, 4) is 0 Å². The van der Waals surface area contributed by atoms with Gasteiger partial charge in [-0.1, -0.05) is 15.9 Å². The summed E-state index contributed by atoms with van der Waals surface area (Å²) in [6.45, 7) is 2.82. The van der Waals surface area contributed by atoms with Crippen molar-refractivity contribution in [2.75, 3.05) is 6.54 Å². The van der Waals surface area contributed by atoms with Crippen molar-refractivity contribution >= 4 is 21.5 Å². The first-order valence-corrected chi connectivity index (χ1v) is 5.58. The molecule has 1 aromatic rings. The van der Waals surface area contributed by atoms with E-state index in [1.54, 1.807) is 0 Å². The first-order valence-electron chi connectivity index (χ1n) is 4.79. The minimum Gasteiger partial charge on any atom is -0.330 e.